The van der Waals surface area contributed by atoms with Crippen molar-refractivity contribution >= 4 is 66.7 Å². The minimum atomic E-state index is -0.183. The van der Waals surface area contributed by atoms with Gasteiger partial charge in [-0.2, -0.15) is 0 Å². The predicted octanol–water partition coefficient (Wildman–Crippen LogP) is 15.0. The van der Waals surface area contributed by atoms with Crippen molar-refractivity contribution in [3.8, 4) is 67.0 Å². The Morgan fingerprint density at radius 3 is 1.22 bits per heavy atom. The molecule has 11 aromatic carbocycles. The fraction of sp³-hybridized carbons (Fsp3) is 0. The first kappa shape index (κ1) is 39.3. The molecule has 0 unspecified atom stereocenters. The summed E-state index contributed by atoms with van der Waals surface area (Å²) in [5.41, 5.74) is 23.0. The Balaban J connectivity index is 1.13. The van der Waals surface area contributed by atoms with E-state index in [-0.39, 0.29) is 6.71 Å². The van der Waals surface area contributed by atoms with Gasteiger partial charge in [0.15, 0.2) is 0 Å². The standard InChI is InChI=1S/C66H43BN2/c1-3-21-44(22-4-1)47-40-42-64(69-62-38-20-15-33-56(62)57-43-46(39-41-63(57)69)68-60-36-18-13-31-54(60)55-32-14-19-37-61(55)68)65(45-23-5-2-6-24-45)66(47)67-58-34-16-11-29-52(58)50-27-9-7-25-48(50)49-26-8-10-28-51(49)53-30-12-17-35-59(53)67/h1-43H. The minimum absolute atomic E-state index is 0.183. The molecular weight excluding hydrogens is 832 g/mol. The highest BCUT2D eigenvalue weighted by Crippen LogP contribution is 2.42. The molecule has 1 aliphatic rings. The number of hydrogen-bond acceptors (Lipinski definition) is 0. The van der Waals surface area contributed by atoms with E-state index in [0.29, 0.717) is 0 Å². The van der Waals surface area contributed by atoms with Crippen molar-refractivity contribution < 1.29 is 0 Å². The van der Waals surface area contributed by atoms with Crippen LogP contribution in [0.4, 0.5) is 0 Å². The number of aromatic nitrogens is 2. The van der Waals surface area contributed by atoms with Gasteiger partial charge < -0.3 is 9.13 Å². The predicted molar refractivity (Wildman–Crippen MR) is 293 cm³/mol. The Kier molecular flexibility index (Phi) is 9.03. The number of benzene rings is 11. The first-order chi connectivity index (χ1) is 34.3. The van der Waals surface area contributed by atoms with Gasteiger partial charge in [0.1, 0.15) is 0 Å². The highest BCUT2D eigenvalue weighted by molar-refractivity contribution is 6.98. The number of rotatable bonds is 5. The van der Waals surface area contributed by atoms with Crippen LogP contribution in [0.3, 0.4) is 0 Å². The van der Waals surface area contributed by atoms with Crippen molar-refractivity contribution in [2.75, 3.05) is 0 Å². The molecule has 0 atom stereocenters. The van der Waals surface area contributed by atoms with Gasteiger partial charge in [0.05, 0.1) is 27.8 Å². The number of para-hydroxylation sites is 3. The van der Waals surface area contributed by atoms with Crippen LogP contribution in [0.1, 0.15) is 0 Å². The third-order valence-corrected chi connectivity index (χ3v) is 14.7. The summed E-state index contributed by atoms with van der Waals surface area (Å²) in [5.74, 6) is 0. The minimum Gasteiger partial charge on any atom is -0.309 e. The lowest BCUT2D eigenvalue weighted by atomic mass is 9.33. The zero-order valence-electron chi connectivity index (χ0n) is 37.8. The van der Waals surface area contributed by atoms with Crippen molar-refractivity contribution in [2.45, 2.75) is 0 Å². The molecule has 3 heterocycles. The molecule has 320 valence electrons. The summed E-state index contributed by atoms with van der Waals surface area (Å²) in [7, 11) is 0. The summed E-state index contributed by atoms with van der Waals surface area (Å²) in [6, 6.07) is 96.9. The Bertz CT molecular complexity index is 4000. The van der Waals surface area contributed by atoms with E-state index in [9.17, 15) is 0 Å². The molecule has 2 nitrogen and oxygen atoms in total. The lowest BCUT2D eigenvalue weighted by Crippen LogP contribution is -2.55. The van der Waals surface area contributed by atoms with Crippen molar-refractivity contribution in [3.05, 3.63) is 261 Å². The van der Waals surface area contributed by atoms with Crippen molar-refractivity contribution in [1.29, 1.82) is 0 Å². The summed E-state index contributed by atoms with van der Waals surface area (Å²) in [5, 5.41) is 4.95. The average molecular weight is 875 g/mol. The van der Waals surface area contributed by atoms with Gasteiger partial charge in [-0.05, 0) is 92.5 Å². The van der Waals surface area contributed by atoms with Crippen molar-refractivity contribution in [3.63, 3.8) is 0 Å². The van der Waals surface area contributed by atoms with Crippen LogP contribution >= 0.6 is 0 Å². The van der Waals surface area contributed by atoms with Crippen molar-refractivity contribution in [1.82, 2.24) is 9.13 Å². The van der Waals surface area contributed by atoms with Crippen LogP contribution in [0.15, 0.2) is 261 Å². The first-order valence-corrected chi connectivity index (χ1v) is 24.0. The van der Waals surface area contributed by atoms with E-state index in [4.69, 9.17) is 0 Å². The molecule has 0 amide bonds. The average Bonchev–Trinajstić information content (AvgIpc) is 3.95. The van der Waals surface area contributed by atoms with Gasteiger partial charge >= 0.3 is 0 Å². The Hall–Kier alpha value is -8.92. The molecule has 3 heteroatoms. The quantitative estimate of drug-likeness (QED) is 0.153. The molecule has 0 fully saturated rings. The van der Waals surface area contributed by atoms with E-state index >= 15 is 0 Å². The molecule has 14 rings (SSSR count). The number of nitrogens with zero attached hydrogens (tertiary/aromatic N) is 2. The summed E-state index contributed by atoms with van der Waals surface area (Å²) in [6.45, 7) is -0.183. The van der Waals surface area contributed by atoms with Gasteiger partial charge in [-0.15, -0.1) is 0 Å². The van der Waals surface area contributed by atoms with E-state index < -0.39 is 0 Å². The SMILES string of the molecule is c1ccc(-c2ccc(-n3c4ccccc4c4cc(-n5c6ccccc6c6ccccc65)ccc43)c(-c3ccccc3)c2B2c3ccccc3-c3ccccc3-c3ccccc3-c3ccccc32)cc1. The lowest BCUT2D eigenvalue weighted by molar-refractivity contribution is 1.17. The molecule has 0 saturated carbocycles. The maximum atomic E-state index is 2.54. The van der Waals surface area contributed by atoms with Crippen LogP contribution in [0.25, 0.3) is 111 Å². The monoisotopic (exact) mass is 874 g/mol. The van der Waals surface area contributed by atoms with Gasteiger partial charge in [-0.25, -0.2) is 0 Å². The summed E-state index contributed by atoms with van der Waals surface area (Å²) in [6.07, 6.45) is 0. The van der Waals surface area contributed by atoms with Gasteiger partial charge in [0.2, 0.25) is 6.71 Å². The third kappa shape index (κ3) is 6.07. The van der Waals surface area contributed by atoms with Crippen molar-refractivity contribution in [2.24, 2.45) is 0 Å². The fourth-order valence-corrected chi connectivity index (χ4v) is 11.8. The van der Waals surface area contributed by atoms with Crippen LogP contribution in [-0.2, 0) is 0 Å². The molecule has 0 bridgehead atoms. The van der Waals surface area contributed by atoms with E-state index in [2.05, 4.69) is 270 Å². The normalized spacial score (nSPS) is 12.0. The molecule has 69 heavy (non-hydrogen) atoms. The summed E-state index contributed by atoms with van der Waals surface area (Å²) in [4.78, 5) is 0. The second kappa shape index (κ2) is 15.9. The second-order valence-electron chi connectivity index (χ2n) is 18.3. The number of hydrogen-bond donors (Lipinski definition) is 0. The summed E-state index contributed by atoms with van der Waals surface area (Å²) < 4.78 is 4.97. The molecule has 0 spiro atoms. The van der Waals surface area contributed by atoms with E-state index in [1.165, 1.54) is 110 Å². The molecule has 0 aliphatic carbocycles. The van der Waals surface area contributed by atoms with Crippen LogP contribution in [0.2, 0.25) is 0 Å². The van der Waals surface area contributed by atoms with E-state index in [1.807, 2.05) is 0 Å². The van der Waals surface area contributed by atoms with Crippen LogP contribution in [0, 0.1) is 0 Å². The van der Waals surface area contributed by atoms with Crippen LogP contribution in [-0.4, -0.2) is 15.8 Å². The van der Waals surface area contributed by atoms with Gasteiger partial charge in [0, 0.05) is 32.8 Å². The maximum absolute atomic E-state index is 2.54. The Morgan fingerprint density at radius 1 is 0.261 bits per heavy atom. The largest absolute Gasteiger partial charge is 0.309 e. The fourth-order valence-electron chi connectivity index (χ4n) is 11.8. The number of fused-ring (bicyclic) bond motifs is 13. The molecule has 0 saturated heterocycles. The zero-order chi connectivity index (χ0) is 45.4. The van der Waals surface area contributed by atoms with Gasteiger partial charge in [-0.3, -0.25) is 0 Å². The highest BCUT2D eigenvalue weighted by Gasteiger charge is 2.35. The van der Waals surface area contributed by atoms with E-state index in [0.717, 1.165) is 16.9 Å². The maximum Gasteiger partial charge on any atom is 0.244 e. The van der Waals surface area contributed by atoms with Crippen LogP contribution < -0.4 is 16.4 Å². The summed E-state index contributed by atoms with van der Waals surface area (Å²) >= 11 is 0. The zero-order valence-corrected chi connectivity index (χ0v) is 37.8. The first-order valence-electron chi connectivity index (χ1n) is 24.0. The highest BCUT2D eigenvalue weighted by atomic mass is 15.0. The Morgan fingerprint density at radius 2 is 0.667 bits per heavy atom. The van der Waals surface area contributed by atoms with Gasteiger partial charge in [0.25, 0.3) is 0 Å². The molecule has 0 N–H and O–H groups in total. The molecule has 13 aromatic rings. The topological polar surface area (TPSA) is 9.86 Å². The van der Waals surface area contributed by atoms with Gasteiger partial charge in [-0.1, -0.05) is 235 Å². The molecule has 0 radical (unpaired) electrons. The molecule has 2 aromatic heterocycles. The second-order valence-corrected chi connectivity index (χ2v) is 18.3. The lowest BCUT2D eigenvalue weighted by Gasteiger charge is -2.28. The third-order valence-electron chi connectivity index (χ3n) is 14.7. The Labute approximate surface area is 401 Å². The van der Waals surface area contributed by atoms with Crippen LogP contribution in [0.5, 0.6) is 0 Å². The smallest absolute Gasteiger partial charge is 0.244 e. The van der Waals surface area contributed by atoms with E-state index in [1.54, 1.807) is 0 Å². The molecule has 1 aliphatic heterocycles. The molecular formula is C66H43BN2.